The van der Waals surface area contributed by atoms with Crippen LogP contribution in [0.15, 0.2) is 24.3 Å². The third-order valence-corrected chi connectivity index (χ3v) is 4.15. The van der Waals surface area contributed by atoms with Gasteiger partial charge in [-0.1, -0.05) is 6.92 Å². The number of hydrogen-bond donors (Lipinski definition) is 0. The lowest BCUT2D eigenvalue weighted by molar-refractivity contribution is 0.0817. The molecule has 19 heavy (non-hydrogen) atoms. The fraction of sp³-hybridized carbons (Fsp3) is 0.562. The first-order valence-electron chi connectivity index (χ1n) is 7.11. The SMILES string of the molecule is CCC1CCCN1C(C)C(=O)c1ccc(OC)cc1. The first-order valence-corrected chi connectivity index (χ1v) is 7.11. The molecular formula is C16H23NO2. The molecule has 3 heteroatoms. The molecule has 2 unspecified atom stereocenters. The minimum Gasteiger partial charge on any atom is -0.497 e. The molecule has 1 heterocycles. The summed E-state index contributed by atoms with van der Waals surface area (Å²) in [5, 5.41) is 0. The van der Waals surface area contributed by atoms with Crippen LogP contribution in [0, 0.1) is 0 Å². The largest absolute Gasteiger partial charge is 0.497 e. The molecule has 1 aromatic carbocycles. The van der Waals surface area contributed by atoms with Crippen LogP contribution < -0.4 is 4.74 Å². The van der Waals surface area contributed by atoms with Gasteiger partial charge in [0.25, 0.3) is 0 Å². The van der Waals surface area contributed by atoms with Crippen molar-refractivity contribution in [1.82, 2.24) is 4.90 Å². The Kier molecular flexibility index (Phi) is 4.59. The van der Waals surface area contributed by atoms with Crippen LogP contribution in [0.3, 0.4) is 0 Å². The molecule has 3 nitrogen and oxygen atoms in total. The van der Waals surface area contributed by atoms with Gasteiger partial charge >= 0.3 is 0 Å². The first-order chi connectivity index (χ1) is 9.17. The van der Waals surface area contributed by atoms with Gasteiger partial charge in [-0.3, -0.25) is 9.69 Å². The van der Waals surface area contributed by atoms with E-state index in [-0.39, 0.29) is 11.8 Å². The summed E-state index contributed by atoms with van der Waals surface area (Å²) in [6.45, 7) is 5.27. The lowest BCUT2D eigenvalue weighted by Crippen LogP contribution is -2.41. The molecule has 2 atom stereocenters. The van der Waals surface area contributed by atoms with Crippen LogP contribution in [-0.2, 0) is 0 Å². The highest BCUT2D eigenvalue weighted by atomic mass is 16.5. The van der Waals surface area contributed by atoms with Gasteiger partial charge in [0.2, 0.25) is 0 Å². The Balaban J connectivity index is 2.09. The number of nitrogens with zero attached hydrogens (tertiary/aromatic N) is 1. The summed E-state index contributed by atoms with van der Waals surface area (Å²) in [5.74, 6) is 1.000. The van der Waals surface area contributed by atoms with Crippen LogP contribution in [0.1, 0.15) is 43.5 Å². The highest BCUT2D eigenvalue weighted by Gasteiger charge is 2.31. The van der Waals surface area contributed by atoms with E-state index in [9.17, 15) is 4.79 Å². The Bertz CT molecular complexity index is 427. The first kappa shape index (κ1) is 14.1. The van der Waals surface area contributed by atoms with Gasteiger partial charge in [-0.15, -0.1) is 0 Å². The third-order valence-electron chi connectivity index (χ3n) is 4.15. The maximum atomic E-state index is 12.5. The molecule has 2 rings (SSSR count). The van der Waals surface area contributed by atoms with Crippen LogP contribution >= 0.6 is 0 Å². The summed E-state index contributed by atoms with van der Waals surface area (Å²) < 4.78 is 5.12. The van der Waals surface area contributed by atoms with Crippen molar-refractivity contribution in [2.45, 2.75) is 45.2 Å². The van der Waals surface area contributed by atoms with Crippen molar-refractivity contribution in [1.29, 1.82) is 0 Å². The number of hydrogen-bond acceptors (Lipinski definition) is 3. The minimum absolute atomic E-state index is 0.0270. The molecule has 104 valence electrons. The van der Waals surface area contributed by atoms with Crippen molar-refractivity contribution in [3.8, 4) is 5.75 Å². The molecular weight excluding hydrogens is 238 g/mol. The normalized spacial score (nSPS) is 21.3. The average Bonchev–Trinajstić information content (AvgIpc) is 2.94. The van der Waals surface area contributed by atoms with Crippen molar-refractivity contribution in [3.05, 3.63) is 29.8 Å². The average molecular weight is 261 g/mol. The molecule has 1 fully saturated rings. The molecule has 0 spiro atoms. The molecule has 0 amide bonds. The van der Waals surface area contributed by atoms with Gasteiger partial charge in [0, 0.05) is 11.6 Å². The van der Waals surface area contributed by atoms with E-state index in [1.165, 1.54) is 12.8 Å². The van der Waals surface area contributed by atoms with E-state index in [1.807, 2.05) is 31.2 Å². The summed E-state index contributed by atoms with van der Waals surface area (Å²) in [6.07, 6.45) is 3.55. The zero-order valence-electron chi connectivity index (χ0n) is 12.1. The summed E-state index contributed by atoms with van der Waals surface area (Å²) in [6, 6.07) is 7.95. The molecule has 0 N–H and O–H groups in total. The van der Waals surface area contributed by atoms with Gasteiger partial charge in [0.15, 0.2) is 5.78 Å². The van der Waals surface area contributed by atoms with Crippen molar-refractivity contribution >= 4 is 5.78 Å². The molecule has 0 aliphatic carbocycles. The monoisotopic (exact) mass is 261 g/mol. The molecule has 0 bridgehead atoms. The molecule has 1 aliphatic heterocycles. The second-order valence-corrected chi connectivity index (χ2v) is 5.21. The lowest BCUT2D eigenvalue weighted by Gasteiger charge is -2.29. The molecule has 0 radical (unpaired) electrons. The Morgan fingerprint density at radius 3 is 2.68 bits per heavy atom. The van der Waals surface area contributed by atoms with Gasteiger partial charge < -0.3 is 4.74 Å². The van der Waals surface area contributed by atoms with Gasteiger partial charge in [0.05, 0.1) is 13.2 Å². The number of carbonyl (C=O) groups is 1. The number of ketones is 1. The minimum atomic E-state index is -0.0270. The zero-order valence-corrected chi connectivity index (χ0v) is 12.1. The van der Waals surface area contributed by atoms with E-state index in [2.05, 4.69) is 11.8 Å². The highest BCUT2D eigenvalue weighted by molar-refractivity contribution is 6.00. The molecule has 1 aromatic rings. The maximum absolute atomic E-state index is 12.5. The van der Waals surface area contributed by atoms with Crippen LogP contribution in [0.4, 0.5) is 0 Å². The number of ether oxygens (including phenoxy) is 1. The van der Waals surface area contributed by atoms with Crippen molar-refractivity contribution in [2.75, 3.05) is 13.7 Å². The van der Waals surface area contributed by atoms with Crippen LogP contribution in [0.25, 0.3) is 0 Å². The van der Waals surface area contributed by atoms with Gasteiger partial charge in [-0.05, 0) is 57.0 Å². The molecule has 1 aliphatic rings. The number of Topliss-reactive ketones (excluding diaryl/α,β-unsaturated/α-hetero) is 1. The predicted molar refractivity (Wildman–Crippen MR) is 76.8 cm³/mol. The van der Waals surface area contributed by atoms with Gasteiger partial charge in [-0.25, -0.2) is 0 Å². The van der Waals surface area contributed by atoms with Crippen LogP contribution in [0.2, 0.25) is 0 Å². The van der Waals surface area contributed by atoms with E-state index in [0.717, 1.165) is 24.3 Å². The van der Waals surface area contributed by atoms with Crippen molar-refractivity contribution in [3.63, 3.8) is 0 Å². The van der Waals surface area contributed by atoms with E-state index in [1.54, 1.807) is 7.11 Å². The van der Waals surface area contributed by atoms with Gasteiger partial charge in [-0.2, -0.15) is 0 Å². The summed E-state index contributed by atoms with van der Waals surface area (Å²) in [4.78, 5) is 14.9. The number of carbonyl (C=O) groups excluding carboxylic acids is 1. The summed E-state index contributed by atoms with van der Waals surface area (Å²) >= 11 is 0. The lowest BCUT2D eigenvalue weighted by atomic mass is 10.0. The number of benzene rings is 1. The number of rotatable bonds is 5. The molecule has 0 saturated carbocycles. The Morgan fingerprint density at radius 1 is 1.42 bits per heavy atom. The third kappa shape index (κ3) is 2.98. The standard InChI is InChI=1S/C16H23NO2/c1-4-14-6-5-11-17(14)12(2)16(18)13-7-9-15(19-3)10-8-13/h7-10,12,14H,4-6,11H2,1-3H3. The summed E-state index contributed by atoms with van der Waals surface area (Å²) in [7, 11) is 1.63. The maximum Gasteiger partial charge on any atom is 0.179 e. The number of methoxy groups -OCH3 is 1. The molecule has 0 aromatic heterocycles. The zero-order chi connectivity index (χ0) is 13.8. The second-order valence-electron chi connectivity index (χ2n) is 5.21. The fourth-order valence-electron chi connectivity index (χ4n) is 2.95. The van der Waals surface area contributed by atoms with Crippen molar-refractivity contribution in [2.24, 2.45) is 0 Å². The Labute approximate surface area is 115 Å². The van der Waals surface area contributed by atoms with E-state index >= 15 is 0 Å². The predicted octanol–water partition coefficient (Wildman–Crippen LogP) is 3.14. The van der Waals surface area contributed by atoms with E-state index in [4.69, 9.17) is 4.74 Å². The molecule has 1 saturated heterocycles. The topological polar surface area (TPSA) is 29.5 Å². The van der Waals surface area contributed by atoms with Crippen LogP contribution in [0.5, 0.6) is 5.75 Å². The van der Waals surface area contributed by atoms with E-state index < -0.39 is 0 Å². The van der Waals surface area contributed by atoms with E-state index in [0.29, 0.717) is 6.04 Å². The van der Waals surface area contributed by atoms with Gasteiger partial charge in [0.1, 0.15) is 5.75 Å². The quantitative estimate of drug-likeness (QED) is 0.763. The summed E-state index contributed by atoms with van der Waals surface area (Å²) in [5.41, 5.74) is 0.773. The number of likely N-dealkylation sites (tertiary alicyclic amines) is 1. The smallest absolute Gasteiger partial charge is 0.179 e. The fourth-order valence-corrected chi connectivity index (χ4v) is 2.95. The Morgan fingerprint density at radius 2 is 2.11 bits per heavy atom. The Hall–Kier alpha value is -1.35. The highest BCUT2D eigenvalue weighted by Crippen LogP contribution is 2.24. The van der Waals surface area contributed by atoms with Crippen molar-refractivity contribution < 1.29 is 9.53 Å². The van der Waals surface area contributed by atoms with Crippen LogP contribution in [-0.4, -0.2) is 36.4 Å². The second kappa shape index (κ2) is 6.20.